The molecule has 9 heteroatoms. The first-order valence-corrected chi connectivity index (χ1v) is 42.0. The Balaban J connectivity index is 0.000000109. The van der Waals surface area contributed by atoms with E-state index < -0.39 is 0 Å². The highest BCUT2D eigenvalue weighted by Gasteiger charge is 2.23. The molecule has 25 aromatic rings. The lowest BCUT2D eigenvalue weighted by Crippen LogP contribution is -1.96. The Morgan fingerprint density at radius 2 is 0.488 bits per heavy atom. The van der Waals surface area contributed by atoms with Crippen molar-refractivity contribution >= 4 is 120 Å². The molecule has 9 nitrogen and oxygen atoms in total. The second-order valence-corrected chi connectivity index (χ2v) is 31.3. The molecule has 125 heavy (non-hydrogen) atoms. The molecule has 0 unspecified atom stereocenters. The van der Waals surface area contributed by atoms with Crippen molar-refractivity contribution in [3.8, 4) is 123 Å². The van der Waals surface area contributed by atoms with Gasteiger partial charge in [0.2, 0.25) is 0 Å². The van der Waals surface area contributed by atoms with Gasteiger partial charge in [0.15, 0.2) is 11.6 Å². The lowest BCUT2D eigenvalue weighted by atomic mass is 9.90. The Morgan fingerprint density at radius 1 is 0.144 bits per heavy atom. The normalized spacial score (nSPS) is 11.5. The van der Waals surface area contributed by atoms with Crippen LogP contribution in [0.2, 0.25) is 0 Å². The van der Waals surface area contributed by atoms with Gasteiger partial charge in [0.1, 0.15) is 33.5 Å². The van der Waals surface area contributed by atoms with Crippen LogP contribution in [-0.4, -0.2) is 29.9 Å². The average Bonchev–Trinajstić information content (AvgIpc) is 1.57. The van der Waals surface area contributed by atoms with Gasteiger partial charge in [-0.25, -0.2) is 29.9 Å². The molecule has 0 fully saturated rings. The first-order chi connectivity index (χ1) is 62.0. The molecule has 0 aliphatic rings. The van der Waals surface area contributed by atoms with E-state index in [1.807, 2.05) is 133 Å². The fourth-order valence-electron chi connectivity index (χ4n) is 18.0. The first-order valence-electron chi connectivity index (χ1n) is 42.0. The predicted molar refractivity (Wildman–Crippen MR) is 515 cm³/mol. The van der Waals surface area contributed by atoms with E-state index in [1.54, 1.807) is 0 Å². The zero-order valence-electron chi connectivity index (χ0n) is 67.5. The van der Waals surface area contributed by atoms with E-state index in [4.69, 9.17) is 43.2 Å². The van der Waals surface area contributed by atoms with Crippen LogP contribution < -0.4 is 0 Å². The van der Waals surface area contributed by atoms with E-state index in [0.717, 1.165) is 189 Å². The number of furan rings is 3. The lowest BCUT2D eigenvalue weighted by Gasteiger charge is -2.15. The monoisotopic (exact) mass is 1600 g/mol. The molecule has 0 saturated heterocycles. The molecule has 0 aliphatic heterocycles. The lowest BCUT2D eigenvalue weighted by molar-refractivity contribution is 0.668. The maximum absolute atomic E-state index is 6.26. The van der Waals surface area contributed by atoms with Crippen LogP contribution in [0.3, 0.4) is 0 Å². The topological polar surface area (TPSA) is 117 Å². The minimum atomic E-state index is 0.722. The molecule has 6 heterocycles. The number of hydrogen-bond donors (Lipinski definition) is 0. The van der Waals surface area contributed by atoms with Gasteiger partial charge in [-0.1, -0.05) is 370 Å². The third-order valence-electron chi connectivity index (χ3n) is 23.9. The summed E-state index contributed by atoms with van der Waals surface area (Å²) < 4.78 is 18.7. The molecule has 0 aliphatic carbocycles. The second-order valence-electron chi connectivity index (χ2n) is 31.3. The van der Waals surface area contributed by atoms with Crippen LogP contribution >= 0.6 is 0 Å². The molecule has 0 spiro atoms. The number of hydrogen-bond acceptors (Lipinski definition) is 9. The number of para-hydroxylation sites is 6. The van der Waals surface area contributed by atoms with Crippen LogP contribution in [0.4, 0.5) is 0 Å². The van der Waals surface area contributed by atoms with Gasteiger partial charge in [-0.05, 0) is 138 Å². The zero-order valence-corrected chi connectivity index (χ0v) is 67.5. The molecular weight excluding hydrogens is 1530 g/mol. The van der Waals surface area contributed by atoms with E-state index >= 15 is 0 Å². The summed E-state index contributed by atoms with van der Waals surface area (Å²) in [7, 11) is 0. The quantitative estimate of drug-likeness (QED) is 0.125. The van der Waals surface area contributed by atoms with E-state index in [2.05, 4.69) is 303 Å². The number of rotatable bonds is 11. The number of aromatic nitrogens is 6. The summed E-state index contributed by atoms with van der Waals surface area (Å²) >= 11 is 0. The molecule has 0 N–H and O–H groups in total. The molecule has 0 radical (unpaired) electrons. The molecule has 0 amide bonds. The minimum absolute atomic E-state index is 0.722. The van der Waals surface area contributed by atoms with Crippen LogP contribution in [-0.2, 0) is 0 Å². The van der Waals surface area contributed by atoms with Gasteiger partial charge in [0, 0.05) is 82.0 Å². The van der Waals surface area contributed by atoms with Crippen molar-refractivity contribution in [2.75, 3.05) is 0 Å². The van der Waals surface area contributed by atoms with E-state index in [9.17, 15) is 0 Å². The van der Waals surface area contributed by atoms with Gasteiger partial charge in [0.25, 0.3) is 0 Å². The van der Waals surface area contributed by atoms with Crippen molar-refractivity contribution in [1.82, 2.24) is 29.9 Å². The Morgan fingerprint density at radius 3 is 1.00 bits per heavy atom. The van der Waals surface area contributed by atoms with Crippen molar-refractivity contribution in [1.29, 1.82) is 0 Å². The summed E-state index contributed by atoms with van der Waals surface area (Å²) in [4.78, 5) is 30.3. The van der Waals surface area contributed by atoms with E-state index in [-0.39, 0.29) is 0 Å². The number of nitrogens with zero attached hydrogens (tertiary/aromatic N) is 6. The highest BCUT2D eigenvalue weighted by molar-refractivity contribution is 6.19. The first kappa shape index (κ1) is 73.3. The molecule has 584 valence electrons. The summed E-state index contributed by atoms with van der Waals surface area (Å²) in [6, 6.07) is 151. The molecule has 0 atom stereocenters. The summed E-state index contributed by atoms with van der Waals surface area (Å²) in [6.07, 6.45) is 0. The van der Waals surface area contributed by atoms with Crippen LogP contribution in [0.25, 0.3) is 244 Å². The molecule has 19 aromatic carbocycles. The van der Waals surface area contributed by atoms with Gasteiger partial charge in [-0.3, -0.25) is 0 Å². The fourth-order valence-corrected chi connectivity index (χ4v) is 18.0. The number of fused-ring (bicyclic) bond motifs is 14. The molecule has 0 saturated carbocycles. The standard InChI is InChI=1S/2C42H26N2O.C32H20N2O/c1-3-12-27(13-4-1)41-36-26-29(22-25-37(36)43-42(44-41)28-14-5-2-6-15-28)30-23-24-33(32-17-8-7-16-31(30)32)34-19-11-21-39-40(34)35-18-9-10-20-38(35)45-39;1-3-12-27(13-4-1)41-35-23-22-29(26-37(35)43-42(44-41)28-14-5-2-6-15-28)30-24-25-33(32-17-8-7-16-31(30)32)34-19-11-21-39-40(34)36-18-9-10-20-38(36)45-39;1-2-9-22(10-3-1)30-31(34-28-15-6-5-14-27(28)33-30)23-19-17-21(18-20-23)24-12-8-13-26-25-11-4-7-16-29(25)35-32(24)26/h2*1-26H;1-20H. The minimum Gasteiger partial charge on any atom is -0.456 e. The largest absolute Gasteiger partial charge is 0.456 e. The third-order valence-corrected chi connectivity index (χ3v) is 23.9. The zero-order chi connectivity index (χ0) is 82.7. The average molecular weight is 1600 g/mol. The summed E-state index contributed by atoms with van der Waals surface area (Å²) in [5.74, 6) is 1.45. The summed E-state index contributed by atoms with van der Waals surface area (Å²) in [5.41, 5.74) is 30.4. The second kappa shape index (κ2) is 31.4. The Bertz CT molecular complexity index is 8460. The Kier molecular flexibility index (Phi) is 18.4. The maximum Gasteiger partial charge on any atom is 0.160 e. The van der Waals surface area contributed by atoms with Crippen LogP contribution in [0.1, 0.15) is 0 Å². The van der Waals surface area contributed by atoms with Gasteiger partial charge >= 0.3 is 0 Å². The number of benzene rings is 19. The van der Waals surface area contributed by atoms with Crippen LogP contribution in [0.15, 0.2) is 450 Å². The molecule has 0 bridgehead atoms. The highest BCUT2D eigenvalue weighted by Crippen LogP contribution is 2.47. The van der Waals surface area contributed by atoms with Gasteiger partial charge in [-0.15, -0.1) is 0 Å². The molecule has 25 rings (SSSR count). The Labute approximate surface area is 718 Å². The van der Waals surface area contributed by atoms with Crippen LogP contribution in [0, 0.1) is 0 Å². The van der Waals surface area contributed by atoms with Gasteiger partial charge in [0.05, 0.1) is 44.8 Å². The van der Waals surface area contributed by atoms with Crippen molar-refractivity contribution in [2.45, 2.75) is 0 Å². The SMILES string of the molecule is c1ccc(-c2nc(-c3ccccc3)c3cc(-c4ccc(-c5cccc6oc7ccccc7c56)c5ccccc45)ccc3n2)cc1.c1ccc(-c2nc(-c3ccccc3)c3ccc(-c4ccc(-c5cccc6oc7ccccc7c56)c5ccccc45)cc3n2)cc1.c1ccc(-c2nc3ccccc3nc2-c2ccc(-c3cccc4c3oc3ccccc34)cc2)cc1. The van der Waals surface area contributed by atoms with Crippen LogP contribution in [0.5, 0.6) is 0 Å². The van der Waals surface area contributed by atoms with E-state index in [1.165, 1.54) is 54.9 Å². The van der Waals surface area contributed by atoms with Gasteiger partial charge < -0.3 is 13.3 Å². The highest BCUT2D eigenvalue weighted by atomic mass is 16.3. The summed E-state index contributed by atoms with van der Waals surface area (Å²) in [6.45, 7) is 0. The third kappa shape index (κ3) is 13.4. The van der Waals surface area contributed by atoms with E-state index in [0.29, 0.717) is 0 Å². The smallest absolute Gasteiger partial charge is 0.160 e. The predicted octanol–water partition coefficient (Wildman–Crippen LogP) is 31.2. The van der Waals surface area contributed by atoms with Crippen molar-refractivity contribution < 1.29 is 13.3 Å². The summed E-state index contributed by atoms with van der Waals surface area (Å²) in [5, 5.41) is 13.7. The van der Waals surface area contributed by atoms with Crippen molar-refractivity contribution in [2.24, 2.45) is 0 Å². The molecular formula is C116H72N6O3. The fraction of sp³-hybridized carbons (Fsp3) is 0. The van der Waals surface area contributed by atoms with Crippen molar-refractivity contribution in [3.05, 3.63) is 437 Å². The maximum atomic E-state index is 6.26. The van der Waals surface area contributed by atoms with Gasteiger partial charge in [-0.2, -0.15) is 0 Å². The Hall–Kier alpha value is -16.9. The van der Waals surface area contributed by atoms with Crippen molar-refractivity contribution in [3.63, 3.8) is 0 Å². The molecule has 6 aromatic heterocycles.